The predicted octanol–water partition coefficient (Wildman–Crippen LogP) is 2.75. The van der Waals surface area contributed by atoms with Crippen LogP contribution in [-0.2, 0) is 11.3 Å². The Hall–Kier alpha value is -1.49. The van der Waals surface area contributed by atoms with Gasteiger partial charge in [-0.25, -0.2) is 4.79 Å². The summed E-state index contributed by atoms with van der Waals surface area (Å²) in [6, 6.07) is 4.03. The Balaban J connectivity index is 2.19. The number of nitrogens with one attached hydrogen (secondary N) is 2. The lowest BCUT2D eigenvalue weighted by Gasteiger charge is -2.26. The van der Waals surface area contributed by atoms with Crippen molar-refractivity contribution >= 4 is 6.09 Å². The molecule has 0 unspecified atom stereocenters. The number of aromatic amines is 1. The first-order valence-electron chi connectivity index (χ1n) is 7.23. The normalized spacial score (nSPS) is 11.4. The highest BCUT2D eigenvalue weighted by atomic mass is 16.6. The summed E-state index contributed by atoms with van der Waals surface area (Å²) >= 11 is 0. The minimum Gasteiger partial charge on any atom is -0.444 e. The van der Waals surface area contributed by atoms with Crippen molar-refractivity contribution in [2.45, 2.75) is 46.3 Å². The molecule has 0 aromatic carbocycles. The molecule has 114 valence electrons. The number of H-pyrrole nitrogens is 1. The molecule has 0 aliphatic heterocycles. The van der Waals surface area contributed by atoms with Crippen molar-refractivity contribution < 1.29 is 9.53 Å². The maximum absolute atomic E-state index is 11.9. The number of nitrogens with zero attached hydrogens (tertiary/aromatic N) is 1. The third kappa shape index (κ3) is 6.61. The van der Waals surface area contributed by atoms with Gasteiger partial charge in [0.2, 0.25) is 0 Å². The second-order valence-electron chi connectivity index (χ2n) is 5.79. The summed E-state index contributed by atoms with van der Waals surface area (Å²) in [6.07, 6.45) is 2.59. The summed E-state index contributed by atoms with van der Waals surface area (Å²) < 4.78 is 5.37. The van der Waals surface area contributed by atoms with Crippen LogP contribution < -0.4 is 5.32 Å². The van der Waals surface area contributed by atoms with Gasteiger partial charge in [-0.2, -0.15) is 0 Å². The van der Waals surface area contributed by atoms with Crippen molar-refractivity contribution in [1.82, 2.24) is 15.2 Å². The number of ether oxygens (including phenoxy) is 1. The molecule has 0 radical (unpaired) electrons. The zero-order valence-corrected chi connectivity index (χ0v) is 13.0. The molecule has 1 aromatic rings. The summed E-state index contributed by atoms with van der Waals surface area (Å²) in [6.45, 7) is 10.7. The van der Waals surface area contributed by atoms with Crippen LogP contribution in [0, 0.1) is 0 Å². The lowest BCUT2D eigenvalue weighted by molar-refractivity contribution is 0.0258. The van der Waals surface area contributed by atoms with Crippen LogP contribution in [-0.4, -0.2) is 41.2 Å². The largest absolute Gasteiger partial charge is 0.444 e. The summed E-state index contributed by atoms with van der Waals surface area (Å²) in [7, 11) is 0. The Morgan fingerprint density at radius 3 is 2.75 bits per heavy atom. The topological polar surface area (TPSA) is 57.4 Å². The van der Waals surface area contributed by atoms with E-state index in [-0.39, 0.29) is 6.09 Å². The van der Waals surface area contributed by atoms with Crippen molar-refractivity contribution in [3.63, 3.8) is 0 Å². The molecule has 0 saturated heterocycles. The molecular formula is C15H27N3O2. The Bertz CT molecular complexity index is 382. The highest BCUT2D eigenvalue weighted by molar-refractivity contribution is 5.68. The third-order valence-electron chi connectivity index (χ3n) is 2.79. The van der Waals surface area contributed by atoms with Gasteiger partial charge in [-0.1, -0.05) is 0 Å². The molecule has 0 atom stereocenters. The first-order valence-corrected chi connectivity index (χ1v) is 7.23. The van der Waals surface area contributed by atoms with E-state index in [9.17, 15) is 4.79 Å². The van der Waals surface area contributed by atoms with E-state index in [0.717, 1.165) is 19.5 Å². The van der Waals surface area contributed by atoms with E-state index in [1.54, 1.807) is 4.90 Å². The van der Waals surface area contributed by atoms with Crippen LogP contribution in [0.4, 0.5) is 4.79 Å². The lowest BCUT2D eigenvalue weighted by Crippen LogP contribution is -2.38. The lowest BCUT2D eigenvalue weighted by atomic mass is 10.2. The zero-order chi connectivity index (χ0) is 15.0. The standard InChI is InChI=1S/C15H27N3O2/c1-5-18(14(19)20-15(2,3)4)11-7-9-16-12-13-8-6-10-17-13/h6,8,10,16-17H,5,7,9,11-12H2,1-4H3. The second-order valence-corrected chi connectivity index (χ2v) is 5.79. The number of aromatic nitrogens is 1. The van der Waals surface area contributed by atoms with Crippen molar-refractivity contribution in [2.24, 2.45) is 0 Å². The molecule has 0 fully saturated rings. The third-order valence-corrected chi connectivity index (χ3v) is 2.79. The van der Waals surface area contributed by atoms with Gasteiger partial charge < -0.3 is 19.9 Å². The van der Waals surface area contributed by atoms with Gasteiger partial charge in [-0.05, 0) is 52.8 Å². The van der Waals surface area contributed by atoms with Crippen LogP contribution in [0.1, 0.15) is 39.8 Å². The molecule has 20 heavy (non-hydrogen) atoms. The minimum atomic E-state index is -0.434. The van der Waals surface area contributed by atoms with E-state index >= 15 is 0 Å². The van der Waals surface area contributed by atoms with E-state index in [4.69, 9.17) is 4.74 Å². The van der Waals surface area contributed by atoms with E-state index in [1.807, 2.05) is 46.0 Å². The summed E-state index contributed by atoms with van der Waals surface area (Å²) in [5, 5.41) is 3.34. The summed E-state index contributed by atoms with van der Waals surface area (Å²) in [4.78, 5) is 16.8. The second kappa shape index (κ2) is 7.94. The van der Waals surface area contributed by atoms with Crippen LogP contribution in [0.3, 0.4) is 0 Å². The fourth-order valence-electron chi connectivity index (χ4n) is 1.80. The van der Waals surface area contributed by atoms with Crippen molar-refractivity contribution in [2.75, 3.05) is 19.6 Å². The minimum absolute atomic E-state index is 0.232. The molecule has 5 nitrogen and oxygen atoms in total. The number of rotatable bonds is 7. The van der Waals surface area contributed by atoms with Gasteiger partial charge in [-0.3, -0.25) is 0 Å². The van der Waals surface area contributed by atoms with E-state index in [2.05, 4.69) is 10.3 Å². The van der Waals surface area contributed by atoms with Gasteiger partial charge in [0.1, 0.15) is 5.60 Å². The zero-order valence-electron chi connectivity index (χ0n) is 13.0. The molecular weight excluding hydrogens is 254 g/mol. The number of amides is 1. The highest BCUT2D eigenvalue weighted by Gasteiger charge is 2.20. The maximum Gasteiger partial charge on any atom is 0.410 e. The fourth-order valence-corrected chi connectivity index (χ4v) is 1.80. The monoisotopic (exact) mass is 281 g/mol. The Morgan fingerprint density at radius 1 is 1.45 bits per heavy atom. The molecule has 1 heterocycles. The van der Waals surface area contributed by atoms with Crippen molar-refractivity contribution in [3.05, 3.63) is 24.0 Å². The maximum atomic E-state index is 11.9. The summed E-state index contributed by atoms with van der Waals surface area (Å²) in [5.41, 5.74) is 0.737. The molecule has 1 amide bonds. The number of hydrogen-bond donors (Lipinski definition) is 2. The van der Waals surface area contributed by atoms with Gasteiger partial charge in [0.15, 0.2) is 0 Å². The Kier molecular flexibility index (Phi) is 6.58. The van der Waals surface area contributed by atoms with Gasteiger partial charge in [0.25, 0.3) is 0 Å². The average Bonchev–Trinajstić information content (AvgIpc) is 2.84. The summed E-state index contributed by atoms with van der Waals surface area (Å²) in [5.74, 6) is 0. The SMILES string of the molecule is CCN(CCCNCc1ccc[nH]1)C(=O)OC(C)(C)C. The predicted molar refractivity (Wildman–Crippen MR) is 80.6 cm³/mol. The van der Waals surface area contributed by atoms with Crippen LogP contribution in [0.25, 0.3) is 0 Å². The molecule has 0 saturated carbocycles. The highest BCUT2D eigenvalue weighted by Crippen LogP contribution is 2.10. The van der Waals surface area contributed by atoms with Crippen LogP contribution >= 0.6 is 0 Å². The molecule has 0 aliphatic carbocycles. The van der Waals surface area contributed by atoms with Gasteiger partial charge >= 0.3 is 6.09 Å². The quantitative estimate of drug-likeness (QED) is 0.756. The van der Waals surface area contributed by atoms with Crippen molar-refractivity contribution in [3.8, 4) is 0 Å². The van der Waals surface area contributed by atoms with Gasteiger partial charge in [0.05, 0.1) is 0 Å². The van der Waals surface area contributed by atoms with E-state index in [0.29, 0.717) is 13.1 Å². The molecule has 0 spiro atoms. The molecule has 1 rings (SSSR count). The molecule has 5 heteroatoms. The van der Waals surface area contributed by atoms with Crippen molar-refractivity contribution in [1.29, 1.82) is 0 Å². The van der Waals surface area contributed by atoms with E-state index in [1.165, 1.54) is 5.69 Å². The first kappa shape index (κ1) is 16.6. The van der Waals surface area contributed by atoms with Crippen LogP contribution in [0.5, 0.6) is 0 Å². The number of carbonyl (C=O) groups excluding carboxylic acids is 1. The molecule has 2 N–H and O–H groups in total. The first-order chi connectivity index (χ1) is 9.42. The van der Waals surface area contributed by atoms with E-state index < -0.39 is 5.60 Å². The van der Waals surface area contributed by atoms with Crippen LogP contribution in [0.2, 0.25) is 0 Å². The molecule has 0 aliphatic rings. The molecule has 0 bridgehead atoms. The molecule has 1 aromatic heterocycles. The Morgan fingerprint density at radius 2 is 2.20 bits per heavy atom. The number of hydrogen-bond acceptors (Lipinski definition) is 3. The Labute approximate surface area is 121 Å². The average molecular weight is 281 g/mol. The fraction of sp³-hybridized carbons (Fsp3) is 0.667. The number of carbonyl (C=O) groups is 1. The van der Waals surface area contributed by atoms with Crippen LogP contribution in [0.15, 0.2) is 18.3 Å². The van der Waals surface area contributed by atoms with Gasteiger partial charge in [0, 0.05) is 31.5 Å². The smallest absolute Gasteiger partial charge is 0.410 e. The van der Waals surface area contributed by atoms with Gasteiger partial charge in [-0.15, -0.1) is 0 Å².